The van der Waals surface area contributed by atoms with Crippen molar-refractivity contribution < 1.29 is 23.6 Å². The molecule has 154 valence electrons. The van der Waals surface area contributed by atoms with E-state index in [0.717, 1.165) is 0 Å². The second-order valence-corrected chi connectivity index (χ2v) is 6.74. The van der Waals surface area contributed by atoms with Crippen molar-refractivity contribution in [2.45, 2.75) is 0 Å². The topological polar surface area (TPSA) is 116 Å². The molecule has 9 nitrogen and oxygen atoms in total. The van der Waals surface area contributed by atoms with Gasteiger partial charge in [-0.2, -0.15) is 5.10 Å². The molecule has 2 aromatic carbocycles. The van der Waals surface area contributed by atoms with E-state index in [9.17, 15) is 14.9 Å². The van der Waals surface area contributed by atoms with Gasteiger partial charge in [0.1, 0.15) is 23.0 Å². The van der Waals surface area contributed by atoms with Crippen molar-refractivity contribution in [1.29, 1.82) is 0 Å². The van der Waals surface area contributed by atoms with E-state index in [4.69, 9.17) is 13.9 Å². The normalized spacial score (nSPS) is 10.7. The number of amides is 1. The Labute approximate surface area is 179 Å². The molecule has 0 aliphatic carbocycles. The quantitative estimate of drug-likeness (QED) is 0.298. The number of hydrazone groups is 1. The molecule has 1 heterocycles. The van der Waals surface area contributed by atoms with E-state index in [-0.39, 0.29) is 12.3 Å². The number of nitro benzene ring substituents is 1. The third-order valence-electron chi connectivity index (χ3n) is 3.85. The highest BCUT2D eigenvalue weighted by atomic mass is 79.9. The van der Waals surface area contributed by atoms with Crippen molar-refractivity contribution in [3.05, 3.63) is 74.9 Å². The summed E-state index contributed by atoms with van der Waals surface area (Å²) >= 11 is 3.34. The van der Waals surface area contributed by atoms with Gasteiger partial charge in [-0.1, -0.05) is 12.1 Å². The number of ether oxygens (including phenoxy) is 2. The first kappa shape index (κ1) is 21.1. The van der Waals surface area contributed by atoms with Crippen LogP contribution in [-0.2, 0) is 4.79 Å². The number of furan rings is 1. The molecule has 3 rings (SSSR count). The van der Waals surface area contributed by atoms with Crippen LogP contribution in [0.3, 0.4) is 0 Å². The number of carbonyl (C=O) groups is 1. The van der Waals surface area contributed by atoms with Crippen LogP contribution in [0.1, 0.15) is 5.76 Å². The second kappa shape index (κ2) is 9.70. The predicted molar refractivity (Wildman–Crippen MR) is 113 cm³/mol. The van der Waals surface area contributed by atoms with E-state index in [1.807, 2.05) is 0 Å². The Morgan fingerprint density at radius 1 is 1.27 bits per heavy atom. The minimum Gasteiger partial charge on any atom is -0.497 e. The van der Waals surface area contributed by atoms with Crippen molar-refractivity contribution in [3.8, 4) is 22.8 Å². The van der Waals surface area contributed by atoms with Gasteiger partial charge in [-0.15, -0.1) is 0 Å². The molecule has 0 fully saturated rings. The highest BCUT2D eigenvalue weighted by Crippen LogP contribution is 2.29. The number of non-ortho nitro benzene ring substituents is 1. The summed E-state index contributed by atoms with van der Waals surface area (Å²) in [7, 11) is 1.55. The molecule has 1 aromatic heterocycles. The Morgan fingerprint density at radius 2 is 2.10 bits per heavy atom. The molecule has 0 aliphatic rings. The minimum atomic E-state index is -0.475. The number of hydrogen-bond acceptors (Lipinski definition) is 7. The number of carbonyl (C=O) groups excluding carboxylic acids is 1. The maximum atomic E-state index is 11.9. The van der Waals surface area contributed by atoms with Gasteiger partial charge >= 0.3 is 0 Å². The van der Waals surface area contributed by atoms with Crippen LogP contribution in [0.25, 0.3) is 11.3 Å². The number of nitro groups is 1. The van der Waals surface area contributed by atoms with Gasteiger partial charge in [0.05, 0.1) is 22.7 Å². The van der Waals surface area contributed by atoms with Gasteiger partial charge in [0, 0.05) is 17.7 Å². The largest absolute Gasteiger partial charge is 0.497 e. The van der Waals surface area contributed by atoms with Crippen LogP contribution in [0.2, 0.25) is 0 Å². The number of benzene rings is 2. The number of halogens is 1. The van der Waals surface area contributed by atoms with Gasteiger partial charge in [-0.3, -0.25) is 14.9 Å². The van der Waals surface area contributed by atoms with E-state index in [1.54, 1.807) is 49.6 Å². The molecule has 0 spiro atoms. The molecule has 0 bridgehead atoms. The van der Waals surface area contributed by atoms with Crippen molar-refractivity contribution in [3.63, 3.8) is 0 Å². The van der Waals surface area contributed by atoms with Gasteiger partial charge in [0.25, 0.3) is 11.6 Å². The Hall–Kier alpha value is -3.66. The number of methoxy groups -OCH3 is 1. The molecule has 0 saturated carbocycles. The van der Waals surface area contributed by atoms with E-state index < -0.39 is 10.8 Å². The lowest BCUT2D eigenvalue weighted by atomic mass is 10.1. The van der Waals surface area contributed by atoms with Crippen molar-refractivity contribution >= 4 is 33.7 Å². The number of nitrogens with one attached hydrogen (secondary N) is 1. The minimum absolute atomic E-state index is 0.0325. The molecule has 10 heteroatoms. The molecule has 1 N–H and O–H groups in total. The Bertz CT molecular complexity index is 1100. The molecule has 30 heavy (non-hydrogen) atoms. The third-order valence-corrected chi connectivity index (χ3v) is 4.47. The summed E-state index contributed by atoms with van der Waals surface area (Å²) in [5, 5.41) is 14.7. The fourth-order valence-corrected chi connectivity index (χ4v) is 2.89. The first-order valence-corrected chi connectivity index (χ1v) is 9.38. The third kappa shape index (κ3) is 5.45. The Morgan fingerprint density at radius 3 is 2.83 bits per heavy atom. The lowest BCUT2D eigenvalue weighted by molar-refractivity contribution is -0.384. The first-order chi connectivity index (χ1) is 14.5. The van der Waals surface area contributed by atoms with Crippen LogP contribution >= 0.6 is 15.9 Å². The van der Waals surface area contributed by atoms with Crippen LogP contribution in [0.4, 0.5) is 5.69 Å². The SMILES string of the molecule is COc1ccc(OCC(=O)N/N=C/c2ccc(-c3cccc([N+](=O)[O-])c3)o2)c(Br)c1. The van der Waals surface area contributed by atoms with Gasteiger partial charge in [0.2, 0.25) is 0 Å². The molecule has 3 aromatic rings. The number of rotatable bonds is 8. The van der Waals surface area contributed by atoms with E-state index in [0.29, 0.717) is 33.1 Å². The van der Waals surface area contributed by atoms with Crippen molar-refractivity contribution in [2.24, 2.45) is 5.10 Å². The molecule has 0 aliphatic heterocycles. The fourth-order valence-electron chi connectivity index (χ4n) is 2.42. The van der Waals surface area contributed by atoms with E-state index in [1.165, 1.54) is 18.3 Å². The van der Waals surface area contributed by atoms with Gasteiger partial charge in [-0.25, -0.2) is 5.43 Å². The highest BCUT2D eigenvalue weighted by Gasteiger charge is 2.10. The molecule has 1 amide bonds. The Balaban J connectivity index is 1.54. The van der Waals surface area contributed by atoms with Crippen LogP contribution in [0, 0.1) is 10.1 Å². The highest BCUT2D eigenvalue weighted by molar-refractivity contribution is 9.10. The van der Waals surface area contributed by atoms with E-state index >= 15 is 0 Å². The monoisotopic (exact) mass is 473 g/mol. The molecule has 0 radical (unpaired) electrons. The zero-order valence-corrected chi connectivity index (χ0v) is 17.3. The maximum absolute atomic E-state index is 11.9. The summed E-state index contributed by atoms with van der Waals surface area (Å²) in [6.07, 6.45) is 1.32. The van der Waals surface area contributed by atoms with Gasteiger partial charge in [0.15, 0.2) is 6.61 Å². The maximum Gasteiger partial charge on any atom is 0.277 e. The van der Waals surface area contributed by atoms with Gasteiger partial charge < -0.3 is 13.9 Å². The van der Waals surface area contributed by atoms with Crippen LogP contribution in [-0.4, -0.2) is 30.8 Å². The van der Waals surface area contributed by atoms with E-state index in [2.05, 4.69) is 26.5 Å². The molecule has 0 unspecified atom stereocenters. The summed E-state index contributed by atoms with van der Waals surface area (Å²) in [6, 6.07) is 14.5. The average Bonchev–Trinajstić information content (AvgIpc) is 3.22. The molecule has 0 atom stereocenters. The molecular weight excluding hydrogens is 458 g/mol. The Kier molecular flexibility index (Phi) is 6.81. The lowest BCUT2D eigenvalue weighted by Crippen LogP contribution is -2.24. The average molecular weight is 474 g/mol. The second-order valence-electron chi connectivity index (χ2n) is 5.89. The summed E-state index contributed by atoms with van der Waals surface area (Å²) in [6.45, 7) is -0.237. The van der Waals surface area contributed by atoms with Crippen LogP contribution in [0.5, 0.6) is 11.5 Å². The zero-order valence-electron chi connectivity index (χ0n) is 15.7. The van der Waals surface area contributed by atoms with Crippen LogP contribution < -0.4 is 14.9 Å². The molecular formula is C20H16BrN3O6. The molecule has 0 saturated heterocycles. The zero-order chi connectivity index (χ0) is 21.5. The van der Waals surface area contributed by atoms with Crippen molar-refractivity contribution in [1.82, 2.24) is 5.43 Å². The lowest BCUT2D eigenvalue weighted by Gasteiger charge is -2.08. The summed E-state index contributed by atoms with van der Waals surface area (Å²) in [5.74, 6) is 1.50. The number of nitrogens with zero attached hydrogens (tertiary/aromatic N) is 2. The predicted octanol–water partition coefficient (Wildman–Crippen LogP) is 4.16. The van der Waals surface area contributed by atoms with Crippen molar-refractivity contribution in [2.75, 3.05) is 13.7 Å². The van der Waals surface area contributed by atoms with Gasteiger partial charge in [-0.05, 0) is 46.3 Å². The van der Waals surface area contributed by atoms with Crippen LogP contribution in [0.15, 0.2) is 68.6 Å². The standard InChI is InChI=1S/C20H16BrN3O6/c1-28-15-5-8-19(17(21)10-15)29-12-20(25)23-22-11-16-6-7-18(30-16)13-3-2-4-14(9-13)24(26)27/h2-11H,12H2,1H3,(H,23,25)/b22-11+. The smallest absolute Gasteiger partial charge is 0.277 e. The fraction of sp³-hybridized carbons (Fsp3) is 0.100. The first-order valence-electron chi connectivity index (χ1n) is 8.59. The number of hydrogen-bond donors (Lipinski definition) is 1. The summed E-state index contributed by atoms with van der Waals surface area (Å²) in [4.78, 5) is 22.3. The summed E-state index contributed by atoms with van der Waals surface area (Å²) in [5.41, 5.74) is 2.86. The summed E-state index contributed by atoms with van der Waals surface area (Å²) < 4.78 is 16.8.